The van der Waals surface area contributed by atoms with Crippen LogP contribution in [0.2, 0.25) is 0 Å². The average molecular weight is 278 g/mol. The van der Waals surface area contributed by atoms with Crippen molar-refractivity contribution >= 4 is 0 Å². The van der Waals surface area contributed by atoms with E-state index in [1.165, 1.54) is 6.42 Å². The fraction of sp³-hybridized carbons (Fsp3) is 0.750. The summed E-state index contributed by atoms with van der Waals surface area (Å²) in [6.45, 7) is 4.21. The maximum Gasteiger partial charge on any atom is 0.205 e. The van der Waals surface area contributed by atoms with E-state index in [1.54, 1.807) is 21.3 Å². The molecule has 2 aliphatic carbocycles. The van der Waals surface area contributed by atoms with E-state index in [0.29, 0.717) is 24.2 Å². The maximum atomic E-state index is 6.42. The van der Waals surface area contributed by atoms with Gasteiger partial charge in [0.25, 0.3) is 0 Å². The van der Waals surface area contributed by atoms with Gasteiger partial charge in [-0.25, -0.2) is 0 Å². The van der Waals surface area contributed by atoms with Gasteiger partial charge in [-0.1, -0.05) is 18.7 Å². The van der Waals surface area contributed by atoms with Gasteiger partial charge in [0.2, 0.25) is 5.79 Å². The van der Waals surface area contributed by atoms with E-state index >= 15 is 0 Å². The van der Waals surface area contributed by atoms with Gasteiger partial charge in [0.15, 0.2) is 5.79 Å². The first-order chi connectivity index (χ1) is 9.62. The van der Waals surface area contributed by atoms with Crippen LogP contribution < -0.4 is 0 Å². The van der Waals surface area contributed by atoms with E-state index in [2.05, 4.69) is 18.7 Å². The van der Waals surface area contributed by atoms with E-state index in [1.807, 2.05) is 0 Å². The van der Waals surface area contributed by atoms with Gasteiger partial charge in [0.1, 0.15) is 6.10 Å². The molecule has 2 saturated heterocycles. The number of rotatable bonds is 3. The second-order valence-corrected chi connectivity index (χ2v) is 6.49. The van der Waals surface area contributed by atoms with E-state index in [-0.39, 0.29) is 12.0 Å². The van der Waals surface area contributed by atoms with E-state index in [0.717, 1.165) is 5.57 Å². The third-order valence-electron chi connectivity index (χ3n) is 5.87. The Hall–Kier alpha value is -0.680. The Morgan fingerprint density at radius 1 is 1.15 bits per heavy atom. The molecule has 4 bridgehead atoms. The molecule has 0 N–H and O–H groups in total. The van der Waals surface area contributed by atoms with Gasteiger partial charge in [-0.15, -0.1) is 0 Å². The standard InChI is InChI=1S/C16H22O4/c1-9-8-15(18-3)12-10-5-6-11(7-10)13(12)16(19-4,20-15)14(9)17-2/h5-6,10-14H,1,7-8H2,2-4H3/t10-,11+,12-,13+,14?,15+,16+/m0/s1. The van der Waals surface area contributed by atoms with Crippen molar-refractivity contribution in [2.75, 3.05) is 21.3 Å². The highest BCUT2D eigenvalue weighted by molar-refractivity contribution is 5.30. The predicted octanol–water partition coefficient (Wildman–Crippen LogP) is 2.12. The number of allylic oxidation sites excluding steroid dienone is 2. The van der Waals surface area contributed by atoms with Gasteiger partial charge >= 0.3 is 0 Å². The quantitative estimate of drug-likeness (QED) is 0.741. The zero-order valence-corrected chi connectivity index (χ0v) is 12.3. The number of methoxy groups -OCH3 is 3. The second kappa shape index (κ2) is 3.95. The van der Waals surface area contributed by atoms with Crippen molar-refractivity contribution in [2.24, 2.45) is 23.7 Å². The minimum absolute atomic E-state index is 0.224. The zero-order chi connectivity index (χ0) is 14.1. The monoisotopic (exact) mass is 278 g/mol. The van der Waals surface area contributed by atoms with Crippen molar-refractivity contribution in [2.45, 2.75) is 30.5 Å². The lowest BCUT2D eigenvalue weighted by Crippen LogP contribution is -2.56. The lowest BCUT2D eigenvalue weighted by Gasteiger charge is -2.46. The molecule has 4 aliphatic rings. The summed E-state index contributed by atoms with van der Waals surface area (Å²) >= 11 is 0. The van der Waals surface area contributed by atoms with Crippen LogP contribution in [-0.2, 0) is 18.9 Å². The Balaban J connectivity index is 1.88. The van der Waals surface area contributed by atoms with Crippen LogP contribution in [0.1, 0.15) is 12.8 Å². The second-order valence-electron chi connectivity index (χ2n) is 6.49. The number of hydrogen-bond donors (Lipinski definition) is 0. The molecule has 0 aromatic rings. The highest BCUT2D eigenvalue weighted by Gasteiger charge is 2.75. The molecule has 0 aromatic heterocycles. The van der Waals surface area contributed by atoms with Gasteiger partial charge in [-0.2, -0.15) is 0 Å². The number of ether oxygens (including phenoxy) is 4. The first-order valence-corrected chi connectivity index (χ1v) is 7.31. The summed E-state index contributed by atoms with van der Waals surface area (Å²) in [5.41, 5.74) is 1.01. The third-order valence-corrected chi connectivity index (χ3v) is 5.87. The lowest BCUT2D eigenvalue weighted by molar-refractivity contribution is -0.360. The highest BCUT2D eigenvalue weighted by atomic mass is 16.8. The van der Waals surface area contributed by atoms with Crippen LogP contribution in [-0.4, -0.2) is 39.0 Å². The molecule has 110 valence electrons. The van der Waals surface area contributed by atoms with Crippen LogP contribution in [0.3, 0.4) is 0 Å². The summed E-state index contributed by atoms with van der Waals surface area (Å²) in [4.78, 5) is 0. The van der Waals surface area contributed by atoms with Crippen LogP contribution in [0, 0.1) is 23.7 Å². The van der Waals surface area contributed by atoms with Gasteiger partial charge < -0.3 is 18.9 Å². The molecule has 0 amide bonds. The summed E-state index contributed by atoms with van der Waals surface area (Å²) in [5, 5.41) is 0. The Kier molecular flexibility index (Phi) is 2.57. The minimum atomic E-state index is -0.755. The summed E-state index contributed by atoms with van der Waals surface area (Å²) in [5.74, 6) is 0.272. The molecule has 2 aliphatic heterocycles. The fourth-order valence-corrected chi connectivity index (χ4v) is 5.32. The normalized spacial score (nSPS) is 55.5. The van der Waals surface area contributed by atoms with Gasteiger partial charge in [0.05, 0.1) is 0 Å². The van der Waals surface area contributed by atoms with Crippen LogP contribution in [0.5, 0.6) is 0 Å². The minimum Gasteiger partial charge on any atom is -0.371 e. The third kappa shape index (κ3) is 1.23. The molecule has 0 spiro atoms. The maximum absolute atomic E-state index is 6.42. The molecule has 4 rings (SSSR count). The van der Waals surface area contributed by atoms with Crippen LogP contribution >= 0.6 is 0 Å². The summed E-state index contributed by atoms with van der Waals surface area (Å²) in [6, 6.07) is 0. The molecular weight excluding hydrogens is 256 g/mol. The topological polar surface area (TPSA) is 36.9 Å². The number of hydrogen-bond acceptors (Lipinski definition) is 4. The number of fused-ring (bicyclic) bond motifs is 9. The first-order valence-electron chi connectivity index (χ1n) is 7.31. The predicted molar refractivity (Wildman–Crippen MR) is 72.8 cm³/mol. The average Bonchev–Trinajstić information content (AvgIpc) is 3.11. The van der Waals surface area contributed by atoms with E-state index in [4.69, 9.17) is 18.9 Å². The van der Waals surface area contributed by atoms with Crippen molar-refractivity contribution in [3.63, 3.8) is 0 Å². The molecule has 2 heterocycles. The van der Waals surface area contributed by atoms with Gasteiger partial charge in [-0.3, -0.25) is 0 Å². The molecule has 1 unspecified atom stereocenters. The van der Waals surface area contributed by atoms with Crippen molar-refractivity contribution < 1.29 is 18.9 Å². The SMILES string of the molecule is C=C1C[C@@]2(OC)O[C@@](OC)(C1OC)[C@H]1[C@@H]2[C@H]2C=C[C@@H]1C2. The Labute approximate surface area is 119 Å². The van der Waals surface area contributed by atoms with E-state index < -0.39 is 11.6 Å². The summed E-state index contributed by atoms with van der Waals surface area (Å²) in [7, 11) is 5.15. The molecule has 7 atom stereocenters. The van der Waals surface area contributed by atoms with E-state index in [9.17, 15) is 0 Å². The molecule has 3 fully saturated rings. The van der Waals surface area contributed by atoms with Crippen LogP contribution in [0.4, 0.5) is 0 Å². The van der Waals surface area contributed by atoms with Crippen LogP contribution in [0.25, 0.3) is 0 Å². The fourth-order valence-electron chi connectivity index (χ4n) is 5.32. The molecule has 1 saturated carbocycles. The highest BCUT2D eigenvalue weighted by Crippen LogP contribution is 2.68. The molecule has 0 aromatic carbocycles. The van der Waals surface area contributed by atoms with Crippen molar-refractivity contribution in [3.8, 4) is 0 Å². The van der Waals surface area contributed by atoms with Gasteiger partial charge in [0, 0.05) is 39.6 Å². The Morgan fingerprint density at radius 3 is 2.45 bits per heavy atom. The first kappa shape index (κ1) is 13.0. The Bertz CT molecular complexity index is 487. The lowest BCUT2D eigenvalue weighted by atomic mass is 9.76. The molecule has 4 nitrogen and oxygen atoms in total. The Morgan fingerprint density at radius 2 is 1.85 bits per heavy atom. The molecule has 20 heavy (non-hydrogen) atoms. The van der Waals surface area contributed by atoms with Crippen LogP contribution in [0.15, 0.2) is 24.3 Å². The van der Waals surface area contributed by atoms with Crippen molar-refractivity contribution in [3.05, 3.63) is 24.3 Å². The van der Waals surface area contributed by atoms with Gasteiger partial charge in [-0.05, 0) is 23.8 Å². The van der Waals surface area contributed by atoms with Crippen molar-refractivity contribution in [1.29, 1.82) is 0 Å². The summed E-state index contributed by atoms with van der Waals surface area (Å²) in [6.07, 6.45) is 6.28. The molecular formula is C16H22O4. The largest absolute Gasteiger partial charge is 0.371 e. The summed E-state index contributed by atoms with van der Waals surface area (Å²) < 4.78 is 23.9. The van der Waals surface area contributed by atoms with Crippen molar-refractivity contribution in [1.82, 2.24) is 0 Å². The molecule has 0 radical (unpaired) electrons. The molecule has 4 heteroatoms. The zero-order valence-electron chi connectivity index (χ0n) is 12.3. The smallest absolute Gasteiger partial charge is 0.205 e.